The van der Waals surface area contributed by atoms with Crippen LogP contribution in [0.1, 0.15) is 15.2 Å². The quantitative estimate of drug-likeness (QED) is 0.305. The van der Waals surface area contributed by atoms with Crippen molar-refractivity contribution in [2.45, 2.75) is 0 Å². The van der Waals surface area contributed by atoms with Crippen LogP contribution >= 0.6 is 22.7 Å². The van der Waals surface area contributed by atoms with Gasteiger partial charge in [0.2, 0.25) is 5.78 Å². The van der Waals surface area contributed by atoms with Gasteiger partial charge in [0.1, 0.15) is 11.5 Å². The number of hydrogen-bond acceptors (Lipinski definition) is 5. The highest BCUT2D eigenvalue weighted by molar-refractivity contribution is 7.21. The van der Waals surface area contributed by atoms with Crippen molar-refractivity contribution >= 4 is 38.5 Å². The molecule has 0 unspecified atom stereocenters. The highest BCUT2D eigenvalue weighted by atomic mass is 32.1. The molecule has 146 valence electrons. The van der Waals surface area contributed by atoms with Gasteiger partial charge in [0, 0.05) is 21.2 Å². The minimum absolute atomic E-state index is 0.0359. The summed E-state index contributed by atoms with van der Waals surface area (Å²) in [6.07, 6.45) is 0. The predicted octanol–water partition coefficient (Wildman–Crippen LogP) is 6.94. The van der Waals surface area contributed by atoms with Gasteiger partial charge in [-0.25, -0.2) is 0 Å². The van der Waals surface area contributed by atoms with E-state index in [9.17, 15) is 15.0 Å². The number of phenolic OH excluding ortho intramolecular Hbond substituents is 1. The molecular formula is C25H16O3S2. The van der Waals surface area contributed by atoms with E-state index in [-0.39, 0.29) is 17.3 Å². The second-order valence-electron chi connectivity index (χ2n) is 6.89. The van der Waals surface area contributed by atoms with Gasteiger partial charge in [-0.1, -0.05) is 54.6 Å². The maximum atomic E-state index is 13.3. The van der Waals surface area contributed by atoms with Crippen LogP contribution in [0.4, 0.5) is 0 Å². The molecule has 2 N–H and O–H groups in total. The summed E-state index contributed by atoms with van der Waals surface area (Å²) in [4.78, 5) is 14.8. The van der Waals surface area contributed by atoms with Gasteiger partial charge in [0.15, 0.2) is 0 Å². The lowest BCUT2D eigenvalue weighted by Crippen LogP contribution is -2.00. The van der Waals surface area contributed by atoms with Crippen LogP contribution in [0.3, 0.4) is 0 Å². The lowest BCUT2D eigenvalue weighted by molar-refractivity contribution is 0.104. The summed E-state index contributed by atoms with van der Waals surface area (Å²) in [5.74, 6) is 0.410. The first-order valence-corrected chi connectivity index (χ1v) is 11.0. The number of phenols is 1. The molecule has 5 heteroatoms. The van der Waals surface area contributed by atoms with Gasteiger partial charge < -0.3 is 10.2 Å². The zero-order chi connectivity index (χ0) is 20.7. The van der Waals surface area contributed by atoms with E-state index in [1.807, 2.05) is 66.0 Å². The molecule has 0 saturated heterocycles. The average Bonchev–Trinajstić information content (AvgIpc) is 3.37. The number of carbonyl (C=O) groups excluding carboxylic acids is 1. The van der Waals surface area contributed by atoms with Crippen LogP contribution < -0.4 is 0 Å². The van der Waals surface area contributed by atoms with Crippen molar-refractivity contribution in [1.82, 2.24) is 0 Å². The number of aromatic hydroxyl groups is 2. The Kier molecular flexibility index (Phi) is 4.62. The van der Waals surface area contributed by atoms with Crippen LogP contribution in [0.2, 0.25) is 0 Å². The van der Waals surface area contributed by atoms with Crippen LogP contribution in [0.25, 0.3) is 31.7 Å². The fraction of sp³-hybridized carbons (Fsp3) is 0. The molecule has 2 aromatic heterocycles. The van der Waals surface area contributed by atoms with Crippen LogP contribution in [0.5, 0.6) is 11.5 Å². The van der Waals surface area contributed by atoms with Gasteiger partial charge in [0.05, 0.1) is 9.75 Å². The highest BCUT2D eigenvalue weighted by Crippen LogP contribution is 2.42. The van der Waals surface area contributed by atoms with Gasteiger partial charge >= 0.3 is 0 Å². The van der Waals surface area contributed by atoms with E-state index in [4.69, 9.17) is 0 Å². The Labute approximate surface area is 181 Å². The maximum absolute atomic E-state index is 13.3. The molecule has 0 radical (unpaired) electrons. The molecule has 0 saturated carbocycles. The Hall–Kier alpha value is -3.41. The van der Waals surface area contributed by atoms with Crippen LogP contribution in [-0.4, -0.2) is 16.0 Å². The first-order valence-electron chi connectivity index (χ1n) is 9.34. The van der Waals surface area contributed by atoms with E-state index < -0.39 is 0 Å². The molecule has 0 amide bonds. The van der Waals surface area contributed by atoms with Crippen molar-refractivity contribution in [3.63, 3.8) is 0 Å². The summed E-state index contributed by atoms with van der Waals surface area (Å²) < 4.78 is 0.865. The van der Waals surface area contributed by atoms with E-state index in [0.717, 1.165) is 31.7 Å². The van der Waals surface area contributed by atoms with Crippen LogP contribution in [-0.2, 0) is 0 Å². The monoisotopic (exact) mass is 428 g/mol. The van der Waals surface area contributed by atoms with Gasteiger partial charge in [-0.2, -0.15) is 0 Å². The molecule has 30 heavy (non-hydrogen) atoms. The average molecular weight is 429 g/mol. The molecule has 0 bridgehead atoms. The fourth-order valence-electron chi connectivity index (χ4n) is 3.56. The van der Waals surface area contributed by atoms with Crippen molar-refractivity contribution in [2.75, 3.05) is 0 Å². The van der Waals surface area contributed by atoms with Gasteiger partial charge in [-0.05, 0) is 40.8 Å². The standard InChI is InChI=1S/C25H16O3S2/c26-18-10-11-19-21(14-18)30-25(23(28)16-4-2-1-3-5-16)22(19)15-6-8-17(9-7-15)24-20(27)12-13-29-24/h1-14,26-27H. The summed E-state index contributed by atoms with van der Waals surface area (Å²) in [5, 5.41) is 22.7. The fourth-order valence-corrected chi connectivity index (χ4v) is 5.57. The number of benzene rings is 3. The Morgan fingerprint density at radius 1 is 0.800 bits per heavy atom. The van der Waals surface area contributed by atoms with E-state index in [1.54, 1.807) is 18.2 Å². The van der Waals surface area contributed by atoms with E-state index in [2.05, 4.69) is 0 Å². The molecular weight excluding hydrogens is 412 g/mol. The lowest BCUT2D eigenvalue weighted by atomic mass is 9.97. The van der Waals surface area contributed by atoms with Crippen molar-refractivity contribution in [3.05, 3.63) is 94.7 Å². The molecule has 5 aromatic rings. The number of carbonyl (C=O) groups is 1. The number of thiophene rings is 2. The molecule has 0 atom stereocenters. The molecule has 3 nitrogen and oxygen atoms in total. The third-order valence-corrected chi connectivity index (χ3v) is 7.10. The van der Waals surface area contributed by atoms with Crippen molar-refractivity contribution in [1.29, 1.82) is 0 Å². The topological polar surface area (TPSA) is 57.5 Å². The second kappa shape index (κ2) is 7.44. The first kappa shape index (κ1) is 18.6. The van der Waals surface area contributed by atoms with E-state index >= 15 is 0 Å². The number of rotatable bonds is 4. The van der Waals surface area contributed by atoms with Crippen molar-refractivity contribution < 1.29 is 15.0 Å². The number of hydrogen-bond donors (Lipinski definition) is 2. The second-order valence-corrected chi connectivity index (χ2v) is 8.86. The SMILES string of the molecule is O=C(c1ccccc1)c1sc2cc(O)ccc2c1-c1ccc(-c2sccc2O)cc1. The Balaban J connectivity index is 1.68. The number of fused-ring (bicyclic) bond motifs is 1. The van der Waals surface area contributed by atoms with Gasteiger partial charge in [0.25, 0.3) is 0 Å². The summed E-state index contributed by atoms with van der Waals surface area (Å²) in [6.45, 7) is 0. The zero-order valence-corrected chi connectivity index (χ0v) is 17.3. The van der Waals surface area contributed by atoms with E-state index in [0.29, 0.717) is 10.4 Å². The molecule has 0 aliphatic rings. The Bertz CT molecular complexity index is 1360. The first-order chi connectivity index (χ1) is 14.6. The molecule has 0 fully saturated rings. The number of ketones is 1. The van der Waals surface area contributed by atoms with Crippen molar-refractivity contribution in [3.8, 4) is 33.1 Å². The normalized spacial score (nSPS) is 11.1. The smallest absolute Gasteiger partial charge is 0.203 e. The summed E-state index contributed by atoms with van der Waals surface area (Å²) in [6, 6.07) is 24.0. The Morgan fingerprint density at radius 3 is 2.23 bits per heavy atom. The third kappa shape index (κ3) is 3.18. The van der Waals surface area contributed by atoms with Crippen LogP contribution in [0.15, 0.2) is 84.2 Å². The van der Waals surface area contributed by atoms with Crippen molar-refractivity contribution in [2.24, 2.45) is 0 Å². The van der Waals surface area contributed by atoms with Gasteiger partial charge in [-0.3, -0.25) is 4.79 Å². The summed E-state index contributed by atoms with van der Waals surface area (Å²) in [7, 11) is 0. The minimum Gasteiger partial charge on any atom is -0.508 e. The van der Waals surface area contributed by atoms with Crippen LogP contribution in [0, 0.1) is 0 Å². The third-order valence-electron chi connectivity index (χ3n) is 5.00. The van der Waals surface area contributed by atoms with E-state index in [1.165, 1.54) is 22.7 Å². The molecule has 5 rings (SSSR count). The molecule has 0 aliphatic carbocycles. The lowest BCUT2D eigenvalue weighted by Gasteiger charge is -2.07. The van der Waals surface area contributed by atoms with Gasteiger partial charge in [-0.15, -0.1) is 22.7 Å². The Morgan fingerprint density at radius 2 is 1.53 bits per heavy atom. The predicted molar refractivity (Wildman–Crippen MR) is 124 cm³/mol. The molecule has 2 heterocycles. The molecule has 3 aromatic carbocycles. The summed E-state index contributed by atoms with van der Waals surface area (Å²) in [5.41, 5.74) is 3.35. The molecule has 0 aliphatic heterocycles. The highest BCUT2D eigenvalue weighted by Gasteiger charge is 2.21. The summed E-state index contributed by atoms with van der Waals surface area (Å²) >= 11 is 2.88. The minimum atomic E-state index is -0.0359. The molecule has 0 spiro atoms. The largest absolute Gasteiger partial charge is 0.508 e. The maximum Gasteiger partial charge on any atom is 0.203 e. The zero-order valence-electron chi connectivity index (χ0n) is 15.7.